The molecule has 9 heteroatoms. The van der Waals surface area contributed by atoms with Crippen LogP contribution in [-0.2, 0) is 10.0 Å². The molecule has 0 atom stereocenters. The van der Waals surface area contributed by atoms with Gasteiger partial charge in [-0.15, -0.1) is 0 Å². The number of rotatable bonds is 5. The zero-order chi connectivity index (χ0) is 16.2. The fourth-order valence-corrected chi connectivity index (χ4v) is 2.65. The zero-order valence-corrected chi connectivity index (χ0v) is 13.4. The summed E-state index contributed by atoms with van der Waals surface area (Å²) in [7, 11) is -3.82. The van der Waals surface area contributed by atoms with Crippen molar-refractivity contribution in [1.29, 1.82) is 0 Å². The highest BCUT2D eigenvalue weighted by Crippen LogP contribution is 2.16. The van der Waals surface area contributed by atoms with E-state index >= 15 is 0 Å². The molecule has 0 aliphatic rings. The van der Waals surface area contributed by atoms with Crippen LogP contribution in [0, 0.1) is 10.1 Å². The Bertz CT molecular complexity index is 819. The minimum Gasteiger partial charge on any atom is -0.258 e. The van der Waals surface area contributed by atoms with Crippen molar-refractivity contribution in [2.75, 3.05) is 0 Å². The molecule has 2 rings (SSSR count). The van der Waals surface area contributed by atoms with Gasteiger partial charge in [-0.2, -0.15) is 13.5 Å². The second-order valence-electron chi connectivity index (χ2n) is 4.12. The fourth-order valence-electron chi connectivity index (χ4n) is 1.59. The van der Waals surface area contributed by atoms with Gasteiger partial charge in [0.2, 0.25) is 0 Å². The smallest absolute Gasteiger partial charge is 0.258 e. The van der Waals surface area contributed by atoms with Crippen molar-refractivity contribution in [2.24, 2.45) is 5.10 Å². The van der Waals surface area contributed by atoms with Crippen LogP contribution in [0.4, 0.5) is 5.69 Å². The normalized spacial score (nSPS) is 11.5. The maximum Gasteiger partial charge on any atom is 0.278 e. The lowest BCUT2D eigenvalue weighted by Gasteiger charge is -2.03. The number of sulfonamides is 1. The lowest BCUT2D eigenvalue weighted by atomic mass is 10.2. The van der Waals surface area contributed by atoms with E-state index in [1.807, 2.05) is 4.83 Å². The summed E-state index contributed by atoms with van der Waals surface area (Å²) in [5.74, 6) is 0. The molecule has 0 aromatic heterocycles. The van der Waals surface area contributed by atoms with E-state index in [0.717, 1.165) is 10.7 Å². The molecule has 1 N–H and O–H groups in total. The van der Waals surface area contributed by atoms with E-state index in [2.05, 4.69) is 21.0 Å². The van der Waals surface area contributed by atoms with Crippen molar-refractivity contribution < 1.29 is 13.3 Å². The summed E-state index contributed by atoms with van der Waals surface area (Å²) < 4.78 is 24.7. The molecule has 2 aromatic rings. The van der Waals surface area contributed by atoms with Gasteiger partial charge in [0.1, 0.15) is 0 Å². The predicted molar refractivity (Wildman–Crippen MR) is 85.2 cm³/mol. The number of nitrogens with one attached hydrogen (secondary N) is 1. The Labute approximate surface area is 135 Å². The number of benzene rings is 2. The number of nitro benzene ring substituents is 1. The van der Waals surface area contributed by atoms with E-state index in [1.165, 1.54) is 30.3 Å². The molecule has 0 fully saturated rings. The van der Waals surface area contributed by atoms with Crippen LogP contribution in [0.5, 0.6) is 0 Å². The number of nitrogens with zero attached hydrogens (tertiary/aromatic N) is 2. The largest absolute Gasteiger partial charge is 0.278 e. The molecule has 2 aromatic carbocycles. The minimum absolute atomic E-state index is 0.0374. The Hall–Kier alpha value is -2.26. The first-order chi connectivity index (χ1) is 10.4. The highest BCUT2D eigenvalue weighted by Gasteiger charge is 2.13. The highest BCUT2D eigenvalue weighted by molar-refractivity contribution is 9.10. The van der Waals surface area contributed by atoms with Crippen LogP contribution >= 0.6 is 15.9 Å². The van der Waals surface area contributed by atoms with Crippen molar-refractivity contribution in [2.45, 2.75) is 4.90 Å². The highest BCUT2D eigenvalue weighted by atomic mass is 79.9. The molecular weight excluding hydrogens is 374 g/mol. The summed E-state index contributed by atoms with van der Waals surface area (Å²) in [5.41, 5.74) is 0.0418. The van der Waals surface area contributed by atoms with Gasteiger partial charge >= 0.3 is 0 Å². The summed E-state index contributed by atoms with van der Waals surface area (Å²) in [6.07, 6.45) is 1.09. The molecule has 7 nitrogen and oxygen atoms in total. The van der Waals surface area contributed by atoms with Gasteiger partial charge in [0, 0.05) is 10.5 Å². The molecule has 0 amide bonds. The molecule has 22 heavy (non-hydrogen) atoms. The average Bonchev–Trinajstić information content (AvgIpc) is 2.48. The summed E-state index contributed by atoms with van der Waals surface area (Å²) in [6, 6.07) is 11.9. The van der Waals surface area contributed by atoms with E-state index in [9.17, 15) is 18.5 Å². The zero-order valence-electron chi connectivity index (χ0n) is 11.0. The number of para-hydroxylation sites is 1. The van der Waals surface area contributed by atoms with Crippen LogP contribution in [0.25, 0.3) is 0 Å². The summed E-state index contributed by atoms with van der Waals surface area (Å²) in [6.45, 7) is 0. The number of hydrogen-bond donors (Lipinski definition) is 1. The van der Waals surface area contributed by atoms with Gasteiger partial charge in [-0.1, -0.05) is 28.1 Å². The first-order valence-corrected chi connectivity index (χ1v) is 8.21. The summed E-state index contributed by atoms with van der Waals surface area (Å²) in [5, 5.41) is 14.4. The Morgan fingerprint density at radius 2 is 1.77 bits per heavy atom. The van der Waals surface area contributed by atoms with Gasteiger partial charge in [-0.25, -0.2) is 4.83 Å². The lowest BCUT2D eigenvalue weighted by Crippen LogP contribution is -2.18. The Kier molecular flexibility index (Phi) is 4.88. The molecule has 0 heterocycles. The Morgan fingerprint density at radius 3 is 2.41 bits per heavy atom. The number of hydrazone groups is 1. The summed E-state index contributed by atoms with van der Waals surface area (Å²) in [4.78, 5) is 12.3. The van der Waals surface area contributed by atoms with Crippen LogP contribution < -0.4 is 4.83 Å². The van der Waals surface area contributed by atoms with Gasteiger partial charge in [-0.3, -0.25) is 10.1 Å². The minimum atomic E-state index is -3.82. The first kappa shape index (κ1) is 16.1. The first-order valence-electron chi connectivity index (χ1n) is 5.94. The average molecular weight is 384 g/mol. The third kappa shape index (κ3) is 3.89. The molecular formula is C13H10BrN3O4S. The number of hydrogen-bond acceptors (Lipinski definition) is 5. The van der Waals surface area contributed by atoms with Gasteiger partial charge in [0.05, 0.1) is 21.6 Å². The van der Waals surface area contributed by atoms with E-state index < -0.39 is 14.9 Å². The van der Waals surface area contributed by atoms with Crippen LogP contribution in [0.1, 0.15) is 5.56 Å². The fraction of sp³-hybridized carbons (Fsp3) is 0. The second-order valence-corrected chi connectivity index (χ2v) is 6.70. The van der Waals surface area contributed by atoms with Crippen LogP contribution in [0.15, 0.2) is 63.0 Å². The Balaban J connectivity index is 2.19. The molecule has 0 saturated carbocycles. The van der Waals surface area contributed by atoms with Crippen molar-refractivity contribution in [3.05, 3.63) is 68.7 Å². The maximum atomic E-state index is 12.0. The third-order valence-corrected chi connectivity index (χ3v) is 4.40. The SMILES string of the molecule is O=[N+]([O-])c1ccccc1/C=N\NS(=O)(=O)c1ccc(Br)cc1. The van der Waals surface area contributed by atoms with Crippen LogP contribution in [0.2, 0.25) is 0 Å². The molecule has 0 bridgehead atoms. The predicted octanol–water partition coefficient (Wildman–Crippen LogP) is 2.67. The molecule has 114 valence electrons. The molecule has 0 saturated heterocycles. The monoisotopic (exact) mass is 383 g/mol. The van der Waals surface area contributed by atoms with Crippen molar-refractivity contribution in [3.8, 4) is 0 Å². The number of halogens is 1. The second kappa shape index (κ2) is 6.67. The van der Waals surface area contributed by atoms with E-state index in [4.69, 9.17) is 0 Å². The topological polar surface area (TPSA) is 102 Å². The maximum absolute atomic E-state index is 12.0. The van der Waals surface area contributed by atoms with Gasteiger partial charge in [0.25, 0.3) is 15.7 Å². The summed E-state index contributed by atoms with van der Waals surface area (Å²) >= 11 is 3.21. The van der Waals surface area contributed by atoms with E-state index in [-0.39, 0.29) is 16.1 Å². The molecule has 0 aliphatic carbocycles. The standard InChI is InChI=1S/C13H10BrN3O4S/c14-11-5-7-12(8-6-11)22(20,21)16-15-9-10-3-1-2-4-13(10)17(18)19/h1-9,16H/b15-9-. The Morgan fingerprint density at radius 1 is 1.14 bits per heavy atom. The lowest BCUT2D eigenvalue weighted by molar-refractivity contribution is -0.385. The van der Waals surface area contributed by atoms with Gasteiger partial charge < -0.3 is 0 Å². The van der Waals surface area contributed by atoms with E-state index in [0.29, 0.717) is 0 Å². The van der Waals surface area contributed by atoms with Crippen molar-refractivity contribution in [3.63, 3.8) is 0 Å². The molecule has 0 spiro atoms. The molecule has 0 radical (unpaired) electrons. The van der Waals surface area contributed by atoms with Crippen molar-refractivity contribution >= 4 is 37.9 Å². The van der Waals surface area contributed by atoms with Crippen molar-refractivity contribution in [1.82, 2.24) is 4.83 Å². The molecule has 0 aliphatic heterocycles. The van der Waals surface area contributed by atoms with Crippen LogP contribution in [-0.4, -0.2) is 19.6 Å². The quantitative estimate of drug-likeness (QED) is 0.486. The van der Waals surface area contributed by atoms with E-state index in [1.54, 1.807) is 18.2 Å². The molecule has 0 unspecified atom stereocenters. The number of nitro groups is 1. The van der Waals surface area contributed by atoms with Gasteiger partial charge in [-0.05, 0) is 30.3 Å². The third-order valence-electron chi connectivity index (χ3n) is 2.63. The van der Waals surface area contributed by atoms with Gasteiger partial charge in [0.15, 0.2) is 0 Å². The van der Waals surface area contributed by atoms with Crippen LogP contribution in [0.3, 0.4) is 0 Å².